The zero-order valence-corrected chi connectivity index (χ0v) is 12.3. The van der Waals surface area contributed by atoms with Crippen LogP contribution in [-0.2, 0) is 14.3 Å². The number of hydrogen-bond donors (Lipinski definition) is 2. The molecule has 6 nitrogen and oxygen atoms in total. The second-order valence-corrected chi connectivity index (χ2v) is 5.26. The van der Waals surface area contributed by atoms with Gasteiger partial charge in [-0.05, 0) is 20.8 Å². The van der Waals surface area contributed by atoms with Crippen LogP contribution in [0.2, 0.25) is 0 Å². The number of aliphatic hydroxyl groups is 1. The van der Waals surface area contributed by atoms with E-state index in [-0.39, 0.29) is 19.5 Å². The maximum absolute atomic E-state index is 11.6. The van der Waals surface area contributed by atoms with Crippen LogP contribution in [0, 0.1) is 0 Å². The summed E-state index contributed by atoms with van der Waals surface area (Å²) < 4.78 is 5.11. The lowest BCUT2D eigenvalue weighted by Gasteiger charge is -2.24. The number of esters is 1. The summed E-state index contributed by atoms with van der Waals surface area (Å²) in [6, 6.07) is -0.808. The molecule has 0 aliphatic carbocycles. The highest BCUT2D eigenvalue weighted by atomic mass is 16.6. The van der Waals surface area contributed by atoms with E-state index in [9.17, 15) is 14.7 Å². The molecule has 1 heterocycles. The average molecular weight is 275 g/mol. The first-order valence-corrected chi connectivity index (χ1v) is 6.56. The molecule has 112 valence electrons. The van der Waals surface area contributed by atoms with Crippen LogP contribution in [0.25, 0.3) is 0 Å². The number of carbonyl (C=O) groups excluding carboxylic acids is 1. The maximum atomic E-state index is 11.6. The minimum Gasteiger partial charge on any atom is -0.480 e. The van der Waals surface area contributed by atoms with Crippen LogP contribution in [-0.4, -0.2) is 57.9 Å². The Labute approximate surface area is 114 Å². The number of likely N-dealkylation sites (tertiary alicyclic amines) is 1. The van der Waals surface area contributed by atoms with Crippen LogP contribution < -0.4 is 0 Å². The first kappa shape index (κ1) is 17.9. The summed E-state index contributed by atoms with van der Waals surface area (Å²) in [6.07, 6.45) is -0.545. The molecule has 0 aromatic heterocycles. The van der Waals surface area contributed by atoms with E-state index in [0.717, 1.165) is 0 Å². The van der Waals surface area contributed by atoms with Gasteiger partial charge in [0.25, 0.3) is 0 Å². The Bertz CT molecular complexity index is 311. The number of carboxylic acids is 1. The number of nitrogens with zero attached hydrogens (tertiary/aromatic N) is 1. The third-order valence-corrected chi connectivity index (χ3v) is 2.42. The zero-order valence-electron chi connectivity index (χ0n) is 12.3. The Morgan fingerprint density at radius 3 is 2.26 bits per heavy atom. The summed E-state index contributed by atoms with van der Waals surface area (Å²) in [4.78, 5) is 23.9. The van der Waals surface area contributed by atoms with Gasteiger partial charge in [-0.25, -0.2) is 0 Å². The first-order valence-electron chi connectivity index (χ1n) is 6.56. The smallest absolute Gasteiger partial charge is 0.321 e. The molecule has 1 rings (SSSR count). The highest BCUT2D eigenvalue weighted by molar-refractivity contribution is 5.77. The minimum absolute atomic E-state index is 0.106. The van der Waals surface area contributed by atoms with E-state index in [1.807, 2.05) is 13.8 Å². The van der Waals surface area contributed by atoms with Gasteiger partial charge in [0, 0.05) is 13.0 Å². The molecule has 6 heteroatoms. The van der Waals surface area contributed by atoms with E-state index in [1.54, 1.807) is 20.8 Å². The number of aliphatic carboxylic acids is 1. The molecular formula is C13H25NO5. The summed E-state index contributed by atoms with van der Waals surface area (Å²) in [5.41, 5.74) is -0.589. The van der Waals surface area contributed by atoms with Crippen molar-refractivity contribution in [3.8, 4) is 0 Å². The minimum atomic E-state index is -1.02. The molecule has 0 aromatic rings. The standard InChI is InChI=1S/C11H19NO5.C2H6/c1-11(2,3)17-9(14)6-12-5-7(13)4-8(12)10(15)16;1-2/h7-8,13H,4-6H2,1-3H3,(H,15,16);1-2H3. The highest BCUT2D eigenvalue weighted by Crippen LogP contribution is 2.18. The Kier molecular flexibility index (Phi) is 7.00. The van der Waals surface area contributed by atoms with Gasteiger partial charge in [0.2, 0.25) is 0 Å². The van der Waals surface area contributed by atoms with Crippen molar-refractivity contribution in [2.24, 2.45) is 0 Å². The lowest BCUT2D eigenvalue weighted by molar-refractivity contribution is -0.157. The highest BCUT2D eigenvalue weighted by Gasteiger charge is 2.37. The summed E-state index contributed by atoms with van der Waals surface area (Å²) in [6.45, 7) is 9.33. The van der Waals surface area contributed by atoms with Gasteiger partial charge >= 0.3 is 11.9 Å². The van der Waals surface area contributed by atoms with Crippen LogP contribution in [0.5, 0.6) is 0 Å². The number of rotatable bonds is 3. The maximum Gasteiger partial charge on any atom is 0.321 e. The van der Waals surface area contributed by atoms with Gasteiger partial charge in [0.1, 0.15) is 11.6 Å². The Morgan fingerprint density at radius 1 is 1.32 bits per heavy atom. The number of hydrogen-bond acceptors (Lipinski definition) is 5. The van der Waals surface area contributed by atoms with Gasteiger partial charge < -0.3 is 14.9 Å². The molecule has 0 spiro atoms. The fourth-order valence-electron chi connectivity index (χ4n) is 1.85. The van der Waals surface area contributed by atoms with E-state index in [1.165, 1.54) is 4.90 Å². The van der Waals surface area contributed by atoms with Gasteiger partial charge in [-0.15, -0.1) is 0 Å². The van der Waals surface area contributed by atoms with E-state index in [4.69, 9.17) is 9.84 Å². The summed E-state index contributed by atoms with van der Waals surface area (Å²) in [5.74, 6) is -1.50. The average Bonchev–Trinajstić information content (AvgIpc) is 2.59. The van der Waals surface area contributed by atoms with E-state index < -0.39 is 29.7 Å². The summed E-state index contributed by atoms with van der Waals surface area (Å²) in [5, 5.41) is 18.3. The fraction of sp³-hybridized carbons (Fsp3) is 0.846. The molecular weight excluding hydrogens is 250 g/mol. The second-order valence-electron chi connectivity index (χ2n) is 5.26. The SMILES string of the molecule is CC.CC(C)(C)OC(=O)CN1CC(O)CC1C(=O)O. The molecule has 2 unspecified atom stereocenters. The van der Waals surface area contributed by atoms with Crippen LogP contribution in [0.1, 0.15) is 41.0 Å². The number of carboxylic acid groups (broad SMARTS) is 1. The van der Waals surface area contributed by atoms with E-state index >= 15 is 0 Å². The summed E-state index contributed by atoms with van der Waals surface area (Å²) in [7, 11) is 0. The van der Waals surface area contributed by atoms with Crippen molar-refractivity contribution in [3.05, 3.63) is 0 Å². The number of carbonyl (C=O) groups is 2. The van der Waals surface area contributed by atoms with Crippen LogP contribution in [0.4, 0.5) is 0 Å². The van der Waals surface area contributed by atoms with Crippen LogP contribution in [0.15, 0.2) is 0 Å². The van der Waals surface area contributed by atoms with Crippen molar-refractivity contribution in [1.82, 2.24) is 4.90 Å². The third-order valence-electron chi connectivity index (χ3n) is 2.42. The van der Waals surface area contributed by atoms with Crippen molar-refractivity contribution >= 4 is 11.9 Å². The quantitative estimate of drug-likeness (QED) is 0.743. The van der Waals surface area contributed by atoms with Gasteiger partial charge in [0.15, 0.2) is 0 Å². The topological polar surface area (TPSA) is 87.1 Å². The van der Waals surface area contributed by atoms with Crippen molar-refractivity contribution in [2.75, 3.05) is 13.1 Å². The van der Waals surface area contributed by atoms with Crippen LogP contribution >= 0.6 is 0 Å². The zero-order chi connectivity index (χ0) is 15.2. The molecule has 1 aliphatic heterocycles. The Morgan fingerprint density at radius 2 is 1.84 bits per heavy atom. The second kappa shape index (κ2) is 7.45. The molecule has 0 aromatic carbocycles. The molecule has 0 bridgehead atoms. The molecule has 1 saturated heterocycles. The monoisotopic (exact) mass is 275 g/mol. The van der Waals surface area contributed by atoms with Crippen molar-refractivity contribution < 1.29 is 24.5 Å². The molecule has 2 N–H and O–H groups in total. The molecule has 0 amide bonds. The number of ether oxygens (including phenoxy) is 1. The first-order chi connectivity index (χ1) is 8.69. The van der Waals surface area contributed by atoms with Gasteiger partial charge in [0.05, 0.1) is 12.6 Å². The molecule has 0 saturated carbocycles. The van der Waals surface area contributed by atoms with E-state index in [2.05, 4.69) is 0 Å². The van der Waals surface area contributed by atoms with E-state index in [0.29, 0.717) is 0 Å². The molecule has 2 atom stereocenters. The normalized spacial score (nSPS) is 23.5. The number of aliphatic hydroxyl groups excluding tert-OH is 1. The van der Waals surface area contributed by atoms with Crippen molar-refractivity contribution in [3.63, 3.8) is 0 Å². The van der Waals surface area contributed by atoms with Gasteiger partial charge in [-0.3, -0.25) is 14.5 Å². The lowest BCUT2D eigenvalue weighted by Crippen LogP contribution is -2.41. The fourth-order valence-corrected chi connectivity index (χ4v) is 1.85. The Balaban J connectivity index is 0.00000154. The third kappa shape index (κ3) is 6.54. The predicted molar refractivity (Wildman–Crippen MR) is 70.8 cm³/mol. The lowest BCUT2D eigenvalue weighted by atomic mass is 10.2. The Hall–Kier alpha value is -1.14. The van der Waals surface area contributed by atoms with Crippen molar-refractivity contribution in [1.29, 1.82) is 0 Å². The number of β-amino-alcohol motifs (C(OH)–C–C–N with tert-alkyl or cyclic N) is 1. The van der Waals surface area contributed by atoms with Crippen LogP contribution in [0.3, 0.4) is 0 Å². The molecule has 1 aliphatic rings. The summed E-state index contributed by atoms with van der Waals surface area (Å²) >= 11 is 0. The van der Waals surface area contributed by atoms with Gasteiger partial charge in [-0.2, -0.15) is 0 Å². The predicted octanol–water partition coefficient (Wildman–Crippen LogP) is 0.874. The molecule has 1 fully saturated rings. The molecule has 0 radical (unpaired) electrons. The largest absolute Gasteiger partial charge is 0.480 e. The molecule has 19 heavy (non-hydrogen) atoms. The van der Waals surface area contributed by atoms with Crippen molar-refractivity contribution in [2.45, 2.75) is 58.8 Å². The van der Waals surface area contributed by atoms with Gasteiger partial charge in [-0.1, -0.05) is 13.8 Å².